The van der Waals surface area contributed by atoms with Gasteiger partial charge in [-0.25, -0.2) is 9.78 Å². The Kier molecular flexibility index (Phi) is 6.83. The number of hydrogen-bond donors (Lipinski definition) is 3. The smallest absolute Gasteiger partial charge is 0.326 e. The first-order valence-electron chi connectivity index (χ1n) is 12.6. The van der Waals surface area contributed by atoms with E-state index in [1.165, 1.54) is 30.6 Å². The number of anilines is 2. The molecular weight excluding hydrogens is 436 g/mol. The largest absolute Gasteiger partial charge is 0.393 e. The summed E-state index contributed by atoms with van der Waals surface area (Å²) in [6.45, 7) is 0. The van der Waals surface area contributed by atoms with E-state index in [0.29, 0.717) is 17.0 Å². The van der Waals surface area contributed by atoms with Gasteiger partial charge in [0.1, 0.15) is 9.71 Å². The van der Waals surface area contributed by atoms with Crippen molar-refractivity contribution in [2.24, 2.45) is 0 Å². The van der Waals surface area contributed by atoms with Crippen LogP contribution in [0.15, 0.2) is 12.3 Å². The van der Waals surface area contributed by atoms with Crippen molar-refractivity contribution in [3.8, 4) is 0 Å². The van der Waals surface area contributed by atoms with Crippen molar-refractivity contribution >= 4 is 44.9 Å². The molecule has 2 unspecified atom stereocenters. The fraction of sp³-hybridized carbons (Fsp3) is 0.640. The van der Waals surface area contributed by atoms with E-state index >= 15 is 0 Å². The summed E-state index contributed by atoms with van der Waals surface area (Å²) in [6.07, 6.45) is 14.7. The highest BCUT2D eigenvalue weighted by atomic mass is 32.1. The summed E-state index contributed by atoms with van der Waals surface area (Å²) < 4.78 is 0. The van der Waals surface area contributed by atoms with Crippen LogP contribution in [0.3, 0.4) is 0 Å². The zero-order chi connectivity index (χ0) is 22.8. The normalized spacial score (nSPS) is 25.0. The summed E-state index contributed by atoms with van der Waals surface area (Å²) in [5.74, 6) is -0.104. The van der Waals surface area contributed by atoms with Crippen molar-refractivity contribution in [2.75, 3.05) is 10.2 Å². The molecule has 3 heterocycles. The fourth-order valence-corrected chi connectivity index (χ4v) is 6.69. The molecule has 1 aliphatic heterocycles. The molecule has 2 aromatic heterocycles. The number of hydrogen-bond acceptors (Lipinski definition) is 5. The molecule has 0 bridgehead atoms. The summed E-state index contributed by atoms with van der Waals surface area (Å²) in [4.78, 5) is 34.3. The molecule has 2 aliphatic carbocycles. The average molecular weight is 471 g/mol. The maximum absolute atomic E-state index is 13.3. The first-order valence-corrected chi connectivity index (χ1v) is 13.4. The van der Waals surface area contributed by atoms with Gasteiger partial charge >= 0.3 is 6.03 Å². The number of nitrogens with one attached hydrogen (secondary N) is 2. The minimum atomic E-state index is -0.293. The van der Waals surface area contributed by atoms with Crippen LogP contribution < -0.4 is 15.5 Å². The van der Waals surface area contributed by atoms with Crippen LogP contribution >= 0.6 is 11.3 Å². The Hall–Kier alpha value is -2.19. The molecule has 5 rings (SSSR count). The van der Waals surface area contributed by atoms with E-state index in [1.54, 1.807) is 6.20 Å². The molecule has 0 aromatic carbocycles. The number of nitrogens with zero attached hydrogens (tertiary/aromatic N) is 2. The van der Waals surface area contributed by atoms with E-state index in [1.807, 2.05) is 11.0 Å². The van der Waals surface area contributed by atoms with Gasteiger partial charge in [-0.2, -0.15) is 0 Å². The van der Waals surface area contributed by atoms with Gasteiger partial charge in [0, 0.05) is 18.3 Å². The lowest BCUT2D eigenvalue weighted by atomic mass is 9.93. The zero-order valence-electron chi connectivity index (χ0n) is 19.1. The fourth-order valence-electron chi connectivity index (χ4n) is 5.67. The second-order valence-corrected chi connectivity index (χ2v) is 10.8. The molecule has 0 spiro atoms. The Morgan fingerprint density at radius 3 is 2.58 bits per heavy atom. The maximum Gasteiger partial charge on any atom is 0.326 e. The lowest BCUT2D eigenvalue weighted by Gasteiger charge is -2.36. The highest BCUT2D eigenvalue weighted by Crippen LogP contribution is 2.45. The Labute approximate surface area is 199 Å². The van der Waals surface area contributed by atoms with Crippen molar-refractivity contribution in [3.05, 3.63) is 17.1 Å². The minimum absolute atomic E-state index is 0.0331. The van der Waals surface area contributed by atoms with E-state index in [2.05, 4.69) is 15.6 Å². The number of aliphatic hydroxyl groups excluding tert-OH is 1. The number of aliphatic hydroxyl groups is 1. The average Bonchev–Trinajstić information content (AvgIpc) is 3.14. The summed E-state index contributed by atoms with van der Waals surface area (Å²) in [5.41, 5.74) is 1.44. The van der Waals surface area contributed by atoms with Gasteiger partial charge in [-0.05, 0) is 44.6 Å². The number of thiophene rings is 1. The quantitative estimate of drug-likeness (QED) is 0.546. The summed E-state index contributed by atoms with van der Waals surface area (Å²) in [5, 5.41) is 17.3. The van der Waals surface area contributed by atoms with Crippen molar-refractivity contribution in [1.29, 1.82) is 0 Å². The predicted octanol–water partition coefficient (Wildman–Crippen LogP) is 5.57. The van der Waals surface area contributed by atoms with E-state index < -0.39 is 0 Å². The molecule has 178 valence electrons. The lowest BCUT2D eigenvalue weighted by Crippen LogP contribution is -2.46. The number of rotatable bonds is 3. The SMILES string of the molecule is O=C(NC1CCCCCCC1)c1sc2nccc3c2c1NC(=O)N3C1CCCCC(O)CC1. The molecule has 3 aliphatic rings. The number of pyridine rings is 1. The minimum Gasteiger partial charge on any atom is -0.393 e. The number of urea groups is 1. The first kappa shape index (κ1) is 22.6. The first-order chi connectivity index (χ1) is 16.1. The summed E-state index contributed by atoms with van der Waals surface area (Å²) in [7, 11) is 0. The Balaban J connectivity index is 1.43. The highest BCUT2D eigenvalue weighted by molar-refractivity contribution is 7.21. The summed E-state index contributed by atoms with van der Waals surface area (Å²) >= 11 is 1.36. The van der Waals surface area contributed by atoms with Gasteiger partial charge in [-0.1, -0.05) is 44.9 Å². The van der Waals surface area contributed by atoms with E-state index in [9.17, 15) is 14.7 Å². The van der Waals surface area contributed by atoms with Gasteiger partial charge in [-0.3, -0.25) is 9.69 Å². The van der Waals surface area contributed by atoms with Crippen LogP contribution in [0, 0.1) is 0 Å². The van der Waals surface area contributed by atoms with Crippen molar-refractivity contribution in [3.63, 3.8) is 0 Å². The van der Waals surface area contributed by atoms with Crippen LogP contribution in [0.2, 0.25) is 0 Å². The van der Waals surface area contributed by atoms with Crippen LogP contribution in [0.4, 0.5) is 16.2 Å². The van der Waals surface area contributed by atoms with E-state index in [4.69, 9.17) is 0 Å². The van der Waals surface area contributed by atoms with E-state index in [-0.39, 0.29) is 30.1 Å². The second kappa shape index (κ2) is 9.97. The highest BCUT2D eigenvalue weighted by Gasteiger charge is 2.36. The van der Waals surface area contributed by atoms with Crippen LogP contribution in [-0.2, 0) is 0 Å². The summed E-state index contributed by atoms with van der Waals surface area (Å²) in [6, 6.07) is 1.93. The number of aromatic nitrogens is 1. The number of amides is 3. The third kappa shape index (κ3) is 4.73. The van der Waals surface area contributed by atoms with Crippen LogP contribution in [-0.4, -0.2) is 40.2 Å². The van der Waals surface area contributed by atoms with E-state index in [0.717, 1.165) is 73.7 Å². The third-order valence-corrected chi connectivity index (χ3v) is 8.55. The monoisotopic (exact) mass is 470 g/mol. The molecule has 2 fully saturated rings. The van der Waals surface area contributed by atoms with Gasteiger partial charge < -0.3 is 15.7 Å². The Bertz CT molecular complexity index is 1010. The molecule has 3 N–H and O–H groups in total. The van der Waals surface area contributed by atoms with Crippen LogP contribution in [0.1, 0.15) is 93.1 Å². The van der Waals surface area contributed by atoms with Crippen LogP contribution in [0.5, 0.6) is 0 Å². The lowest BCUT2D eigenvalue weighted by molar-refractivity contribution is 0.0935. The van der Waals surface area contributed by atoms with Crippen molar-refractivity contribution in [2.45, 2.75) is 102 Å². The topological polar surface area (TPSA) is 94.6 Å². The van der Waals surface area contributed by atoms with Gasteiger partial charge in [0.2, 0.25) is 0 Å². The molecule has 7 nitrogen and oxygen atoms in total. The predicted molar refractivity (Wildman–Crippen MR) is 132 cm³/mol. The number of carbonyl (C=O) groups excluding carboxylic acids is 2. The Morgan fingerprint density at radius 1 is 1.03 bits per heavy atom. The van der Waals surface area contributed by atoms with Gasteiger partial charge in [0.05, 0.1) is 22.9 Å². The molecule has 0 saturated heterocycles. The van der Waals surface area contributed by atoms with Gasteiger partial charge in [0.25, 0.3) is 5.91 Å². The van der Waals surface area contributed by atoms with Gasteiger partial charge in [-0.15, -0.1) is 11.3 Å². The molecule has 33 heavy (non-hydrogen) atoms. The molecule has 2 aromatic rings. The second-order valence-electron chi connectivity index (χ2n) is 9.80. The zero-order valence-corrected chi connectivity index (χ0v) is 20.0. The molecule has 2 saturated carbocycles. The van der Waals surface area contributed by atoms with Gasteiger partial charge in [0.15, 0.2) is 0 Å². The third-order valence-electron chi connectivity index (χ3n) is 7.45. The molecular formula is C25H34N4O3S. The van der Waals surface area contributed by atoms with Crippen molar-refractivity contribution in [1.82, 2.24) is 10.3 Å². The van der Waals surface area contributed by atoms with Crippen molar-refractivity contribution < 1.29 is 14.7 Å². The Morgan fingerprint density at radius 2 is 1.76 bits per heavy atom. The molecule has 0 radical (unpaired) electrons. The molecule has 8 heteroatoms. The maximum atomic E-state index is 13.3. The molecule has 2 atom stereocenters. The standard InChI is InChI=1S/C25H34N4O3S/c30-18-11-7-6-10-17(12-13-18)29-19-14-15-26-24-20(19)21(28-25(29)32)22(33-24)23(31)27-16-8-4-2-1-3-5-9-16/h14-18,30H,1-13H2,(H,27,31)(H,28,32). The number of carbonyl (C=O) groups is 2. The van der Waals surface area contributed by atoms with Crippen LogP contribution in [0.25, 0.3) is 10.2 Å². The molecule has 3 amide bonds.